The number of carbonyl (C=O) groups is 1. The lowest BCUT2D eigenvalue weighted by atomic mass is 10.1. The third kappa shape index (κ3) is 1.96. The molecule has 0 saturated heterocycles. The number of hydrogen-bond donors (Lipinski definition) is 2. The molecule has 2 rings (SSSR count). The fourth-order valence-corrected chi connectivity index (χ4v) is 2.51. The summed E-state index contributed by atoms with van der Waals surface area (Å²) in [7, 11) is 0. The van der Waals surface area contributed by atoms with Gasteiger partial charge in [-0.3, -0.25) is 4.79 Å². The molecule has 3 nitrogen and oxygen atoms in total. The number of aromatic hydroxyl groups is 1. The van der Waals surface area contributed by atoms with Gasteiger partial charge in [0.15, 0.2) is 0 Å². The van der Waals surface area contributed by atoms with E-state index in [0.29, 0.717) is 21.5 Å². The molecule has 80 valence electrons. The molecular formula is C10H8BrClO3. The van der Waals surface area contributed by atoms with Gasteiger partial charge in [-0.25, -0.2) is 0 Å². The molecular weight excluding hydrogens is 283 g/mol. The zero-order chi connectivity index (χ0) is 11.2. The van der Waals surface area contributed by atoms with Crippen LogP contribution in [0.1, 0.15) is 17.9 Å². The number of aliphatic carboxylic acids is 1. The lowest BCUT2D eigenvalue weighted by Gasteiger charge is -2.05. The van der Waals surface area contributed by atoms with Crippen LogP contribution in [-0.4, -0.2) is 16.2 Å². The van der Waals surface area contributed by atoms with Crippen LogP contribution in [0, 0.1) is 5.92 Å². The molecule has 1 aliphatic rings. The molecule has 0 aliphatic heterocycles. The lowest BCUT2D eigenvalue weighted by molar-refractivity contribution is -0.138. The topological polar surface area (TPSA) is 57.5 Å². The molecule has 0 radical (unpaired) electrons. The fraction of sp³-hybridized carbons (Fsp3) is 0.300. The summed E-state index contributed by atoms with van der Waals surface area (Å²) in [5.74, 6) is -1.23. The number of phenols is 1. The van der Waals surface area contributed by atoms with Crippen molar-refractivity contribution in [1.29, 1.82) is 0 Å². The van der Waals surface area contributed by atoms with Crippen LogP contribution in [0.15, 0.2) is 16.6 Å². The molecule has 1 saturated carbocycles. The van der Waals surface area contributed by atoms with E-state index in [0.717, 1.165) is 0 Å². The second-order valence-electron chi connectivity index (χ2n) is 3.61. The Morgan fingerprint density at radius 3 is 2.73 bits per heavy atom. The van der Waals surface area contributed by atoms with Gasteiger partial charge in [0.1, 0.15) is 5.75 Å². The van der Waals surface area contributed by atoms with Gasteiger partial charge in [-0.1, -0.05) is 11.6 Å². The van der Waals surface area contributed by atoms with Crippen molar-refractivity contribution >= 4 is 33.5 Å². The minimum atomic E-state index is -0.824. The quantitative estimate of drug-likeness (QED) is 0.880. The number of halogens is 2. The van der Waals surface area contributed by atoms with Crippen molar-refractivity contribution in [3.8, 4) is 5.75 Å². The van der Waals surface area contributed by atoms with Crippen molar-refractivity contribution in [3.05, 3.63) is 27.2 Å². The van der Waals surface area contributed by atoms with Gasteiger partial charge < -0.3 is 10.2 Å². The van der Waals surface area contributed by atoms with Crippen LogP contribution in [0.3, 0.4) is 0 Å². The van der Waals surface area contributed by atoms with Crippen LogP contribution in [-0.2, 0) is 4.79 Å². The Labute approximate surface area is 99.8 Å². The Balaban J connectivity index is 2.34. The zero-order valence-corrected chi connectivity index (χ0v) is 9.92. The highest BCUT2D eigenvalue weighted by Gasteiger charge is 2.45. The summed E-state index contributed by atoms with van der Waals surface area (Å²) in [4.78, 5) is 10.7. The van der Waals surface area contributed by atoms with Crippen molar-refractivity contribution in [2.24, 2.45) is 5.92 Å². The number of rotatable bonds is 2. The normalized spacial score (nSPS) is 23.9. The first kappa shape index (κ1) is 10.8. The maximum Gasteiger partial charge on any atom is 0.307 e. The van der Waals surface area contributed by atoms with Crippen LogP contribution in [0.25, 0.3) is 0 Å². The van der Waals surface area contributed by atoms with Gasteiger partial charge in [-0.15, -0.1) is 0 Å². The van der Waals surface area contributed by atoms with E-state index in [1.54, 1.807) is 12.1 Å². The number of hydrogen-bond acceptors (Lipinski definition) is 2. The van der Waals surface area contributed by atoms with E-state index in [1.165, 1.54) is 0 Å². The largest absolute Gasteiger partial charge is 0.506 e. The first-order valence-electron chi connectivity index (χ1n) is 4.41. The molecule has 1 aromatic carbocycles. The SMILES string of the molecule is O=C(O)C1CC1c1cc(Cl)cc(Br)c1O. The highest BCUT2D eigenvalue weighted by molar-refractivity contribution is 9.10. The Morgan fingerprint density at radius 1 is 1.53 bits per heavy atom. The first-order chi connectivity index (χ1) is 7.00. The van der Waals surface area contributed by atoms with Gasteiger partial charge in [0.25, 0.3) is 0 Å². The van der Waals surface area contributed by atoms with Crippen molar-refractivity contribution in [2.45, 2.75) is 12.3 Å². The molecule has 0 amide bonds. The Morgan fingerprint density at radius 2 is 2.20 bits per heavy atom. The van der Waals surface area contributed by atoms with Crippen molar-refractivity contribution < 1.29 is 15.0 Å². The predicted octanol–water partition coefficient (Wildman–Crippen LogP) is 3.00. The standard InChI is InChI=1S/C10H8BrClO3/c11-8-2-4(12)1-6(9(8)13)5-3-7(5)10(14)15/h1-2,5,7,13H,3H2,(H,14,15). The van der Waals surface area contributed by atoms with E-state index in [-0.39, 0.29) is 17.6 Å². The van der Waals surface area contributed by atoms with Crippen molar-refractivity contribution in [1.82, 2.24) is 0 Å². The van der Waals surface area contributed by atoms with E-state index in [4.69, 9.17) is 16.7 Å². The van der Waals surface area contributed by atoms with E-state index < -0.39 is 5.97 Å². The third-order valence-corrected chi connectivity index (χ3v) is 3.39. The van der Waals surface area contributed by atoms with Gasteiger partial charge in [0, 0.05) is 16.5 Å². The molecule has 15 heavy (non-hydrogen) atoms. The average molecular weight is 292 g/mol. The van der Waals surface area contributed by atoms with Crippen LogP contribution in [0.2, 0.25) is 5.02 Å². The van der Waals surface area contributed by atoms with Crippen LogP contribution >= 0.6 is 27.5 Å². The van der Waals surface area contributed by atoms with E-state index in [1.807, 2.05) is 0 Å². The maximum atomic E-state index is 10.7. The minimum Gasteiger partial charge on any atom is -0.506 e. The number of carboxylic acid groups (broad SMARTS) is 1. The Bertz CT molecular complexity index is 433. The summed E-state index contributed by atoms with van der Waals surface area (Å²) in [6.45, 7) is 0. The summed E-state index contributed by atoms with van der Waals surface area (Å²) in [5.41, 5.74) is 0.613. The van der Waals surface area contributed by atoms with Crippen LogP contribution in [0.4, 0.5) is 0 Å². The molecule has 2 unspecified atom stereocenters. The van der Waals surface area contributed by atoms with Gasteiger partial charge in [-0.2, -0.15) is 0 Å². The molecule has 1 fully saturated rings. The summed E-state index contributed by atoms with van der Waals surface area (Å²) in [6.07, 6.45) is 0.565. The fourth-order valence-electron chi connectivity index (χ4n) is 1.68. The number of benzene rings is 1. The molecule has 1 aromatic rings. The highest BCUT2D eigenvalue weighted by Crippen LogP contribution is 2.52. The Hall–Kier alpha value is -0.740. The van der Waals surface area contributed by atoms with Crippen molar-refractivity contribution in [3.63, 3.8) is 0 Å². The highest BCUT2D eigenvalue weighted by atomic mass is 79.9. The molecule has 2 N–H and O–H groups in total. The lowest BCUT2D eigenvalue weighted by Crippen LogP contribution is -1.99. The number of carboxylic acids is 1. The summed E-state index contributed by atoms with van der Waals surface area (Å²) in [5, 5.41) is 19.0. The summed E-state index contributed by atoms with van der Waals surface area (Å²) >= 11 is 9.00. The molecule has 0 bridgehead atoms. The smallest absolute Gasteiger partial charge is 0.307 e. The predicted molar refractivity (Wildman–Crippen MR) is 59.3 cm³/mol. The van der Waals surface area contributed by atoms with E-state index >= 15 is 0 Å². The molecule has 5 heteroatoms. The van der Waals surface area contributed by atoms with E-state index in [9.17, 15) is 9.90 Å². The molecule has 0 spiro atoms. The molecule has 2 atom stereocenters. The second-order valence-corrected chi connectivity index (χ2v) is 4.90. The van der Waals surface area contributed by atoms with Crippen molar-refractivity contribution in [2.75, 3.05) is 0 Å². The zero-order valence-electron chi connectivity index (χ0n) is 7.58. The van der Waals surface area contributed by atoms with Gasteiger partial charge in [0.05, 0.1) is 10.4 Å². The molecule has 1 aliphatic carbocycles. The summed E-state index contributed by atoms with van der Waals surface area (Å²) in [6, 6.07) is 3.20. The van der Waals surface area contributed by atoms with Gasteiger partial charge >= 0.3 is 5.97 Å². The first-order valence-corrected chi connectivity index (χ1v) is 5.58. The van der Waals surface area contributed by atoms with Gasteiger partial charge in [-0.05, 0) is 34.5 Å². The third-order valence-electron chi connectivity index (χ3n) is 2.56. The van der Waals surface area contributed by atoms with E-state index in [2.05, 4.69) is 15.9 Å². The second kappa shape index (κ2) is 3.68. The minimum absolute atomic E-state index is 0.0909. The Kier molecular flexibility index (Phi) is 2.64. The monoisotopic (exact) mass is 290 g/mol. The van der Waals surface area contributed by atoms with Crippen LogP contribution < -0.4 is 0 Å². The maximum absolute atomic E-state index is 10.7. The molecule has 0 aromatic heterocycles. The summed E-state index contributed by atoms with van der Waals surface area (Å²) < 4.78 is 0.501. The van der Waals surface area contributed by atoms with Crippen LogP contribution in [0.5, 0.6) is 5.75 Å². The van der Waals surface area contributed by atoms with Gasteiger partial charge in [0.2, 0.25) is 0 Å². The number of phenolic OH excluding ortho intramolecular Hbond substituents is 1. The average Bonchev–Trinajstić information content (AvgIpc) is 2.90. The molecule has 0 heterocycles.